The summed E-state index contributed by atoms with van der Waals surface area (Å²) in [6.07, 6.45) is 3.90. The van der Waals surface area contributed by atoms with Crippen LogP contribution in [0.25, 0.3) is 0 Å². The normalized spacial score (nSPS) is 21.4. The molecular formula is C19H30N4O3S. The molecule has 2 saturated heterocycles. The van der Waals surface area contributed by atoms with Crippen LogP contribution in [0.3, 0.4) is 0 Å². The van der Waals surface area contributed by atoms with E-state index in [-0.39, 0.29) is 18.0 Å². The summed E-state index contributed by atoms with van der Waals surface area (Å²) in [7, 11) is 1.72. The SMILES string of the molecule is COCCN1CCC[C@@H]1CNC(=O)N1CCC(NC(=O)c2ccsc2)CC1. The summed E-state index contributed by atoms with van der Waals surface area (Å²) in [4.78, 5) is 28.9. The fourth-order valence-electron chi connectivity index (χ4n) is 3.84. The van der Waals surface area contributed by atoms with Crippen molar-refractivity contribution in [3.63, 3.8) is 0 Å². The predicted octanol–water partition coefficient (Wildman–Crippen LogP) is 1.76. The summed E-state index contributed by atoms with van der Waals surface area (Å²) in [5, 5.41) is 9.93. The molecular weight excluding hydrogens is 364 g/mol. The Hall–Kier alpha value is -1.64. The number of likely N-dealkylation sites (tertiary alicyclic amines) is 2. The van der Waals surface area contributed by atoms with Crippen molar-refractivity contribution >= 4 is 23.3 Å². The fourth-order valence-corrected chi connectivity index (χ4v) is 4.47. The minimum absolute atomic E-state index is 0.0104. The second-order valence-electron chi connectivity index (χ2n) is 7.26. The van der Waals surface area contributed by atoms with Gasteiger partial charge in [0.05, 0.1) is 6.61 Å². The standard InChI is InChI=1S/C19H30N4O3S/c1-26-11-10-22-7-2-3-17(22)13-20-19(25)23-8-4-16(5-9-23)21-18(24)15-6-12-27-14-15/h6,12,14,16-17H,2-5,7-11,13H2,1H3,(H,20,25)(H,21,24)/t17-/m1/s1. The van der Waals surface area contributed by atoms with Gasteiger partial charge in [-0.15, -0.1) is 0 Å². The fraction of sp³-hybridized carbons (Fsp3) is 0.684. The Bertz CT molecular complexity index is 602. The van der Waals surface area contributed by atoms with Gasteiger partial charge in [-0.05, 0) is 43.7 Å². The maximum absolute atomic E-state index is 12.5. The number of urea groups is 1. The van der Waals surface area contributed by atoms with E-state index < -0.39 is 0 Å². The molecule has 7 nitrogen and oxygen atoms in total. The van der Waals surface area contributed by atoms with Crippen molar-refractivity contribution in [1.82, 2.24) is 20.4 Å². The smallest absolute Gasteiger partial charge is 0.317 e. The highest BCUT2D eigenvalue weighted by Crippen LogP contribution is 2.17. The van der Waals surface area contributed by atoms with E-state index in [1.165, 1.54) is 17.8 Å². The van der Waals surface area contributed by atoms with E-state index in [1.54, 1.807) is 7.11 Å². The number of ether oxygens (including phenoxy) is 1. The molecule has 2 N–H and O–H groups in total. The van der Waals surface area contributed by atoms with Crippen molar-refractivity contribution in [3.8, 4) is 0 Å². The van der Waals surface area contributed by atoms with Gasteiger partial charge in [0.15, 0.2) is 0 Å². The lowest BCUT2D eigenvalue weighted by Gasteiger charge is -2.33. The minimum atomic E-state index is -0.0171. The van der Waals surface area contributed by atoms with Crippen LogP contribution in [-0.2, 0) is 4.74 Å². The lowest BCUT2D eigenvalue weighted by atomic mass is 10.0. The van der Waals surface area contributed by atoms with Gasteiger partial charge in [0, 0.05) is 56.3 Å². The topological polar surface area (TPSA) is 73.9 Å². The van der Waals surface area contributed by atoms with Crippen LogP contribution in [-0.4, -0.2) is 80.3 Å². The van der Waals surface area contributed by atoms with E-state index in [2.05, 4.69) is 15.5 Å². The first-order valence-electron chi connectivity index (χ1n) is 9.76. The Balaban J connectivity index is 1.36. The van der Waals surface area contributed by atoms with Gasteiger partial charge in [-0.2, -0.15) is 11.3 Å². The largest absolute Gasteiger partial charge is 0.383 e. The third-order valence-electron chi connectivity index (χ3n) is 5.47. The average Bonchev–Trinajstić information content (AvgIpc) is 3.37. The Kier molecular flexibility index (Phi) is 7.49. The Morgan fingerprint density at radius 3 is 2.78 bits per heavy atom. The van der Waals surface area contributed by atoms with Gasteiger partial charge in [0.1, 0.15) is 0 Å². The number of carbonyl (C=O) groups is 2. The molecule has 3 heterocycles. The van der Waals surface area contributed by atoms with Crippen LogP contribution < -0.4 is 10.6 Å². The van der Waals surface area contributed by atoms with Crippen LogP contribution >= 0.6 is 11.3 Å². The quantitative estimate of drug-likeness (QED) is 0.739. The van der Waals surface area contributed by atoms with Gasteiger partial charge in [-0.25, -0.2) is 4.79 Å². The first-order chi connectivity index (χ1) is 13.2. The molecule has 1 aromatic heterocycles. The number of rotatable bonds is 7. The highest BCUT2D eigenvalue weighted by Gasteiger charge is 2.27. The van der Waals surface area contributed by atoms with Crippen LogP contribution in [0.2, 0.25) is 0 Å². The molecule has 2 aliphatic heterocycles. The Morgan fingerprint density at radius 1 is 1.26 bits per heavy atom. The number of carbonyl (C=O) groups excluding carboxylic acids is 2. The predicted molar refractivity (Wildman–Crippen MR) is 106 cm³/mol. The number of amides is 3. The molecule has 2 aliphatic rings. The zero-order valence-corrected chi connectivity index (χ0v) is 16.8. The number of piperidine rings is 1. The Labute approximate surface area is 165 Å². The first-order valence-corrected chi connectivity index (χ1v) is 10.7. The van der Waals surface area contributed by atoms with Crippen LogP contribution in [0, 0.1) is 0 Å². The molecule has 2 fully saturated rings. The van der Waals surface area contributed by atoms with Crippen molar-refractivity contribution in [2.75, 3.05) is 46.4 Å². The van der Waals surface area contributed by atoms with Gasteiger partial charge in [-0.1, -0.05) is 0 Å². The van der Waals surface area contributed by atoms with Gasteiger partial charge < -0.3 is 20.3 Å². The van der Waals surface area contributed by atoms with E-state index in [9.17, 15) is 9.59 Å². The minimum Gasteiger partial charge on any atom is -0.383 e. The number of nitrogens with zero attached hydrogens (tertiary/aromatic N) is 2. The van der Waals surface area contributed by atoms with Crippen molar-refractivity contribution in [2.45, 2.75) is 37.8 Å². The summed E-state index contributed by atoms with van der Waals surface area (Å²) in [5.74, 6) is -0.0171. The number of nitrogens with one attached hydrogen (secondary N) is 2. The number of methoxy groups -OCH3 is 1. The highest BCUT2D eigenvalue weighted by molar-refractivity contribution is 7.08. The average molecular weight is 395 g/mol. The van der Waals surface area contributed by atoms with E-state index in [0.717, 1.165) is 44.5 Å². The van der Waals surface area contributed by atoms with E-state index in [0.29, 0.717) is 25.7 Å². The summed E-state index contributed by atoms with van der Waals surface area (Å²) in [5.41, 5.74) is 0.717. The number of hydrogen-bond donors (Lipinski definition) is 2. The zero-order valence-electron chi connectivity index (χ0n) is 16.0. The molecule has 1 aromatic rings. The van der Waals surface area contributed by atoms with Crippen LogP contribution in [0.5, 0.6) is 0 Å². The molecule has 150 valence electrons. The maximum atomic E-state index is 12.5. The second-order valence-corrected chi connectivity index (χ2v) is 8.04. The summed E-state index contributed by atoms with van der Waals surface area (Å²) >= 11 is 1.52. The number of thiophene rings is 1. The van der Waals surface area contributed by atoms with Crippen molar-refractivity contribution < 1.29 is 14.3 Å². The Morgan fingerprint density at radius 2 is 2.07 bits per heavy atom. The molecule has 0 bridgehead atoms. The monoisotopic (exact) mass is 394 g/mol. The van der Waals surface area contributed by atoms with Crippen molar-refractivity contribution in [3.05, 3.63) is 22.4 Å². The van der Waals surface area contributed by atoms with Gasteiger partial charge >= 0.3 is 6.03 Å². The molecule has 0 aromatic carbocycles. The third kappa shape index (κ3) is 5.67. The molecule has 3 amide bonds. The van der Waals surface area contributed by atoms with Crippen LogP contribution in [0.15, 0.2) is 16.8 Å². The van der Waals surface area contributed by atoms with Crippen molar-refractivity contribution in [2.24, 2.45) is 0 Å². The maximum Gasteiger partial charge on any atom is 0.317 e. The molecule has 1 atom stereocenters. The third-order valence-corrected chi connectivity index (χ3v) is 6.15. The summed E-state index contributed by atoms with van der Waals surface area (Å²) in [6, 6.07) is 2.39. The lowest BCUT2D eigenvalue weighted by molar-refractivity contribution is 0.0918. The van der Waals surface area contributed by atoms with E-state index >= 15 is 0 Å². The lowest BCUT2D eigenvalue weighted by Crippen LogP contribution is -2.51. The summed E-state index contributed by atoms with van der Waals surface area (Å²) < 4.78 is 5.17. The molecule has 27 heavy (non-hydrogen) atoms. The summed E-state index contributed by atoms with van der Waals surface area (Å²) in [6.45, 7) is 4.79. The number of hydrogen-bond acceptors (Lipinski definition) is 5. The molecule has 0 radical (unpaired) electrons. The molecule has 0 saturated carbocycles. The van der Waals surface area contributed by atoms with Crippen molar-refractivity contribution in [1.29, 1.82) is 0 Å². The zero-order chi connectivity index (χ0) is 19.1. The van der Waals surface area contributed by atoms with Gasteiger partial charge in [-0.3, -0.25) is 9.69 Å². The molecule has 0 aliphatic carbocycles. The van der Waals surface area contributed by atoms with Gasteiger partial charge in [0.25, 0.3) is 5.91 Å². The van der Waals surface area contributed by atoms with Gasteiger partial charge in [0.2, 0.25) is 0 Å². The molecule has 8 heteroatoms. The van der Waals surface area contributed by atoms with E-state index in [1.807, 2.05) is 21.7 Å². The van der Waals surface area contributed by atoms with Crippen LogP contribution in [0.4, 0.5) is 4.79 Å². The van der Waals surface area contributed by atoms with Crippen LogP contribution in [0.1, 0.15) is 36.0 Å². The first kappa shape index (κ1) is 20.1. The molecule has 0 unspecified atom stereocenters. The highest BCUT2D eigenvalue weighted by atomic mass is 32.1. The van der Waals surface area contributed by atoms with E-state index in [4.69, 9.17) is 4.74 Å². The molecule has 0 spiro atoms. The molecule has 3 rings (SSSR count). The second kappa shape index (κ2) is 10.1.